The summed E-state index contributed by atoms with van der Waals surface area (Å²) in [6.45, 7) is 0.254. The van der Waals surface area contributed by atoms with E-state index in [2.05, 4.69) is 22.8 Å². The topological polar surface area (TPSA) is 125 Å². The molecule has 1 fully saturated rings. The molecule has 1 atom stereocenters. The highest BCUT2D eigenvalue weighted by molar-refractivity contribution is 5.86. The number of hydrogen-bond donors (Lipinski definition) is 4. The lowest BCUT2D eigenvalue weighted by atomic mass is 9.86. The summed E-state index contributed by atoms with van der Waals surface area (Å²) in [6, 6.07) is 15.0. The van der Waals surface area contributed by atoms with Gasteiger partial charge >= 0.3 is 12.1 Å². The Bertz CT molecular complexity index is 1020. The van der Waals surface area contributed by atoms with Crippen LogP contribution < -0.4 is 10.6 Å². The summed E-state index contributed by atoms with van der Waals surface area (Å²) in [4.78, 5) is 36.6. The third-order valence-electron chi connectivity index (χ3n) is 7.05. The fourth-order valence-electron chi connectivity index (χ4n) is 5.11. The van der Waals surface area contributed by atoms with Crippen LogP contribution in [0.3, 0.4) is 0 Å². The Morgan fingerprint density at radius 2 is 1.54 bits per heavy atom. The molecule has 2 aromatic rings. The number of ether oxygens (including phenoxy) is 1. The fraction of sp³-hybridized carbons (Fsp3) is 0.444. The standard InChI is InChI=1S/C27H32N2O6/c30-15-17-9-11-18(12-10-17)28-26(33)24(13-14-25(31)32)29-27(34)35-16-23-21-7-3-1-5-19(21)20-6-2-4-8-22(20)23/h1-8,17-18,23-24,30H,9-16H2,(H,28,33)(H,29,34)(H,31,32). The van der Waals surface area contributed by atoms with Crippen molar-refractivity contribution < 1.29 is 29.3 Å². The van der Waals surface area contributed by atoms with Crippen LogP contribution in [-0.4, -0.2) is 53.5 Å². The molecule has 0 heterocycles. The van der Waals surface area contributed by atoms with E-state index in [4.69, 9.17) is 9.84 Å². The molecule has 35 heavy (non-hydrogen) atoms. The van der Waals surface area contributed by atoms with Crippen LogP contribution in [0, 0.1) is 5.92 Å². The van der Waals surface area contributed by atoms with Crippen molar-refractivity contribution in [1.29, 1.82) is 0 Å². The Balaban J connectivity index is 1.36. The molecule has 0 bridgehead atoms. The number of aliphatic carboxylic acids is 1. The van der Waals surface area contributed by atoms with Crippen molar-refractivity contribution in [2.75, 3.05) is 13.2 Å². The van der Waals surface area contributed by atoms with Crippen molar-refractivity contribution in [1.82, 2.24) is 10.6 Å². The van der Waals surface area contributed by atoms with E-state index in [9.17, 15) is 19.5 Å². The maximum atomic E-state index is 12.9. The summed E-state index contributed by atoms with van der Waals surface area (Å²) in [5.74, 6) is -1.31. The molecule has 0 radical (unpaired) electrons. The first kappa shape index (κ1) is 24.7. The minimum atomic E-state index is -1.04. The molecule has 1 saturated carbocycles. The molecule has 2 aliphatic carbocycles. The summed E-state index contributed by atoms with van der Waals surface area (Å²) in [5, 5.41) is 23.9. The molecule has 2 amide bonds. The summed E-state index contributed by atoms with van der Waals surface area (Å²) in [7, 11) is 0. The number of carbonyl (C=O) groups excluding carboxylic acids is 2. The lowest BCUT2D eigenvalue weighted by Gasteiger charge is -2.29. The minimum absolute atomic E-state index is 0.0304. The maximum Gasteiger partial charge on any atom is 0.407 e. The zero-order chi connectivity index (χ0) is 24.8. The van der Waals surface area contributed by atoms with Gasteiger partial charge in [-0.2, -0.15) is 0 Å². The number of rotatable bonds is 9. The molecule has 1 unspecified atom stereocenters. The molecule has 8 heteroatoms. The van der Waals surface area contributed by atoms with Crippen LogP contribution in [-0.2, 0) is 14.3 Å². The molecule has 4 rings (SSSR count). The fourth-order valence-corrected chi connectivity index (χ4v) is 5.11. The molecule has 2 aliphatic rings. The number of carboxylic acid groups (broad SMARTS) is 1. The van der Waals surface area contributed by atoms with Gasteiger partial charge in [-0.15, -0.1) is 0 Å². The van der Waals surface area contributed by atoms with Gasteiger partial charge in [-0.1, -0.05) is 48.5 Å². The predicted octanol–water partition coefficient (Wildman–Crippen LogP) is 3.43. The van der Waals surface area contributed by atoms with Crippen LogP contribution in [0.25, 0.3) is 11.1 Å². The zero-order valence-electron chi connectivity index (χ0n) is 19.6. The van der Waals surface area contributed by atoms with E-state index in [1.807, 2.05) is 36.4 Å². The SMILES string of the molecule is O=C(O)CCC(NC(=O)OCC1c2ccccc2-c2ccccc21)C(=O)NC1CCC(CO)CC1. The van der Waals surface area contributed by atoms with Crippen molar-refractivity contribution in [3.8, 4) is 11.1 Å². The molecule has 0 aliphatic heterocycles. The molecule has 2 aromatic carbocycles. The molecule has 0 spiro atoms. The monoisotopic (exact) mass is 480 g/mol. The highest BCUT2D eigenvalue weighted by Crippen LogP contribution is 2.44. The van der Waals surface area contributed by atoms with Gasteiger partial charge < -0.3 is 25.6 Å². The second kappa shape index (κ2) is 11.4. The first-order valence-electron chi connectivity index (χ1n) is 12.2. The Morgan fingerprint density at radius 1 is 0.943 bits per heavy atom. The number of carbonyl (C=O) groups is 3. The highest BCUT2D eigenvalue weighted by atomic mass is 16.5. The lowest BCUT2D eigenvalue weighted by molar-refractivity contribution is -0.137. The second-order valence-corrected chi connectivity index (χ2v) is 9.36. The molecule has 0 saturated heterocycles. The minimum Gasteiger partial charge on any atom is -0.481 e. The quantitative estimate of drug-likeness (QED) is 0.436. The van der Waals surface area contributed by atoms with Gasteiger partial charge in [-0.25, -0.2) is 4.79 Å². The third kappa shape index (κ3) is 6.00. The first-order valence-corrected chi connectivity index (χ1v) is 12.2. The summed E-state index contributed by atoms with van der Waals surface area (Å²) >= 11 is 0. The molecule has 186 valence electrons. The van der Waals surface area contributed by atoms with Gasteiger partial charge in [0.1, 0.15) is 12.6 Å². The van der Waals surface area contributed by atoms with E-state index in [-0.39, 0.29) is 43.9 Å². The molecule has 8 nitrogen and oxygen atoms in total. The number of hydrogen-bond acceptors (Lipinski definition) is 5. The summed E-state index contributed by atoms with van der Waals surface area (Å²) in [6.07, 6.45) is 2.10. The average molecular weight is 481 g/mol. The van der Waals surface area contributed by atoms with E-state index in [0.29, 0.717) is 0 Å². The van der Waals surface area contributed by atoms with Crippen molar-refractivity contribution in [2.24, 2.45) is 5.92 Å². The third-order valence-corrected chi connectivity index (χ3v) is 7.05. The smallest absolute Gasteiger partial charge is 0.407 e. The number of carboxylic acids is 1. The van der Waals surface area contributed by atoms with Gasteiger partial charge in [0.15, 0.2) is 0 Å². The van der Waals surface area contributed by atoms with Crippen molar-refractivity contribution >= 4 is 18.0 Å². The molecular weight excluding hydrogens is 448 g/mol. The van der Waals surface area contributed by atoms with E-state index in [1.54, 1.807) is 0 Å². The predicted molar refractivity (Wildman–Crippen MR) is 130 cm³/mol. The molecular formula is C27H32N2O6. The number of aliphatic hydroxyl groups excluding tert-OH is 1. The van der Waals surface area contributed by atoms with Crippen LogP contribution in [0.1, 0.15) is 55.6 Å². The Kier molecular flexibility index (Phi) is 8.02. The van der Waals surface area contributed by atoms with Crippen LogP contribution >= 0.6 is 0 Å². The van der Waals surface area contributed by atoms with Gasteiger partial charge in [-0.3, -0.25) is 9.59 Å². The largest absolute Gasteiger partial charge is 0.481 e. The van der Waals surface area contributed by atoms with Crippen LogP contribution in [0.4, 0.5) is 4.79 Å². The lowest BCUT2D eigenvalue weighted by Crippen LogP contribution is -2.50. The van der Waals surface area contributed by atoms with Gasteiger partial charge in [-0.05, 0) is 60.3 Å². The Labute approximate surface area is 204 Å². The van der Waals surface area contributed by atoms with Crippen LogP contribution in [0.2, 0.25) is 0 Å². The van der Waals surface area contributed by atoms with E-state index < -0.39 is 24.0 Å². The summed E-state index contributed by atoms with van der Waals surface area (Å²) < 4.78 is 5.54. The number of aliphatic hydroxyl groups is 1. The van der Waals surface area contributed by atoms with Crippen molar-refractivity contribution in [2.45, 2.75) is 56.5 Å². The van der Waals surface area contributed by atoms with Gasteiger partial charge in [0.05, 0.1) is 0 Å². The van der Waals surface area contributed by atoms with Gasteiger partial charge in [0.25, 0.3) is 0 Å². The number of fused-ring (bicyclic) bond motifs is 3. The average Bonchev–Trinajstić information content (AvgIpc) is 3.19. The van der Waals surface area contributed by atoms with Gasteiger partial charge in [0, 0.05) is 25.0 Å². The van der Waals surface area contributed by atoms with E-state index >= 15 is 0 Å². The summed E-state index contributed by atoms with van der Waals surface area (Å²) in [5.41, 5.74) is 4.40. The van der Waals surface area contributed by atoms with Crippen LogP contribution in [0.5, 0.6) is 0 Å². The van der Waals surface area contributed by atoms with E-state index in [0.717, 1.165) is 47.9 Å². The van der Waals surface area contributed by atoms with Crippen LogP contribution in [0.15, 0.2) is 48.5 Å². The van der Waals surface area contributed by atoms with Gasteiger partial charge in [0.2, 0.25) is 5.91 Å². The van der Waals surface area contributed by atoms with Crippen molar-refractivity contribution in [3.05, 3.63) is 59.7 Å². The number of amides is 2. The number of benzene rings is 2. The maximum absolute atomic E-state index is 12.9. The normalized spacial score (nSPS) is 19.8. The molecule has 0 aromatic heterocycles. The first-order chi connectivity index (χ1) is 17.0. The zero-order valence-corrected chi connectivity index (χ0v) is 19.6. The Morgan fingerprint density at radius 3 is 2.11 bits per heavy atom. The molecule has 4 N–H and O–H groups in total. The number of alkyl carbamates (subject to hydrolysis) is 1. The van der Waals surface area contributed by atoms with E-state index in [1.165, 1.54) is 0 Å². The number of nitrogens with one attached hydrogen (secondary N) is 2. The van der Waals surface area contributed by atoms with Crippen molar-refractivity contribution in [3.63, 3.8) is 0 Å². The Hall–Kier alpha value is -3.39. The highest BCUT2D eigenvalue weighted by Gasteiger charge is 2.31. The second-order valence-electron chi connectivity index (χ2n) is 9.36.